The van der Waals surface area contributed by atoms with Crippen LogP contribution in [0.1, 0.15) is 24.2 Å². The number of anilines is 1. The summed E-state index contributed by atoms with van der Waals surface area (Å²) in [7, 11) is 0. The van der Waals surface area contributed by atoms with Gasteiger partial charge in [0.15, 0.2) is 0 Å². The minimum absolute atomic E-state index is 0.0596. The molecule has 3 N–H and O–H groups in total. The zero-order valence-electron chi connectivity index (χ0n) is 13.9. The molecule has 1 aliphatic heterocycles. The normalized spacial score (nSPS) is 14.1. The van der Waals surface area contributed by atoms with Gasteiger partial charge >= 0.3 is 5.97 Å². The van der Waals surface area contributed by atoms with Crippen LogP contribution in [0.4, 0.5) is 5.69 Å². The Bertz CT molecular complexity index is 722. The van der Waals surface area contributed by atoms with E-state index < -0.39 is 17.9 Å². The van der Waals surface area contributed by atoms with Crippen LogP contribution in [0.3, 0.4) is 0 Å². The van der Waals surface area contributed by atoms with Crippen molar-refractivity contribution in [1.82, 2.24) is 10.2 Å². The summed E-state index contributed by atoms with van der Waals surface area (Å²) in [5.41, 5.74) is 0.814. The highest BCUT2D eigenvalue weighted by Gasteiger charge is 2.27. The highest BCUT2D eigenvalue weighted by atomic mass is 32.2. The number of hydrogen-bond acceptors (Lipinski definition) is 5. The monoisotopic (exact) mass is 365 g/mol. The minimum atomic E-state index is -1.14. The van der Waals surface area contributed by atoms with Crippen molar-refractivity contribution in [3.05, 3.63) is 23.8 Å². The topological polar surface area (TPSA) is 116 Å². The molecule has 9 heteroatoms. The van der Waals surface area contributed by atoms with Crippen LogP contribution >= 0.6 is 11.8 Å². The number of benzene rings is 1. The predicted molar refractivity (Wildman–Crippen MR) is 92.6 cm³/mol. The molecular weight excluding hydrogens is 346 g/mol. The van der Waals surface area contributed by atoms with E-state index in [-0.39, 0.29) is 30.5 Å². The van der Waals surface area contributed by atoms with Crippen LogP contribution in [0.2, 0.25) is 0 Å². The first-order valence-corrected chi connectivity index (χ1v) is 8.63. The number of fused-ring (bicyclic) bond motifs is 1. The van der Waals surface area contributed by atoms with Gasteiger partial charge in [0, 0.05) is 30.5 Å². The van der Waals surface area contributed by atoms with E-state index in [9.17, 15) is 24.3 Å². The first-order chi connectivity index (χ1) is 11.8. The number of carboxylic acid groups (broad SMARTS) is 1. The van der Waals surface area contributed by atoms with Gasteiger partial charge < -0.3 is 20.6 Å². The van der Waals surface area contributed by atoms with Crippen LogP contribution in [-0.4, -0.2) is 58.6 Å². The van der Waals surface area contributed by atoms with Crippen LogP contribution in [-0.2, 0) is 14.4 Å². The van der Waals surface area contributed by atoms with E-state index in [1.165, 1.54) is 30.5 Å². The summed E-state index contributed by atoms with van der Waals surface area (Å²) in [5, 5.41) is 14.5. The molecule has 0 radical (unpaired) electrons. The van der Waals surface area contributed by atoms with Gasteiger partial charge in [-0.25, -0.2) is 4.79 Å². The summed E-state index contributed by atoms with van der Waals surface area (Å²) in [6.07, 6.45) is 0. The molecule has 134 valence electrons. The Hall–Kier alpha value is -2.55. The number of aliphatic carboxylic acids is 1. The Morgan fingerprint density at radius 1 is 1.40 bits per heavy atom. The summed E-state index contributed by atoms with van der Waals surface area (Å²) in [5.74, 6) is -1.71. The van der Waals surface area contributed by atoms with Gasteiger partial charge in [0.25, 0.3) is 5.91 Å². The molecule has 1 atom stereocenters. The van der Waals surface area contributed by atoms with E-state index >= 15 is 0 Å². The standard InChI is InChI=1S/C16H19N3O5S/c1-9(16(23)24)19(6-5-17-10(2)20)15(22)11-3-4-13-12(7-11)18-14(21)8-25-13/h3-4,7,9H,5-6,8H2,1-2H3,(H,17,20)(H,18,21)(H,23,24). The van der Waals surface area contributed by atoms with Gasteiger partial charge in [0.1, 0.15) is 6.04 Å². The molecule has 1 aliphatic rings. The molecule has 0 spiro atoms. The van der Waals surface area contributed by atoms with Crippen LogP contribution in [0.25, 0.3) is 0 Å². The third-order valence-electron chi connectivity index (χ3n) is 3.67. The fraction of sp³-hybridized carbons (Fsp3) is 0.375. The summed E-state index contributed by atoms with van der Waals surface area (Å²) in [6.45, 7) is 2.96. The van der Waals surface area contributed by atoms with E-state index in [1.807, 2.05) is 0 Å². The van der Waals surface area contributed by atoms with Crippen LogP contribution in [0, 0.1) is 0 Å². The summed E-state index contributed by atoms with van der Waals surface area (Å²) >= 11 is 1.38. The Kier molecular flexibility index (Phi) is 6.02. The van der Waals surface area contributed by atoms with E-state index in [1.54, 1.807) is 18.2 Å². The Labute approximate surface area is 148 Å². The molecule has 0 saturated heterocycles. The van der Waals surface area contributed by atoms with E-state index in [0.717, 1.165) is 4.90 Å². The maximum atomic E-state index is 12.8. The lowest BCUT2D eigenvalue weighted by Gasteiger charge is -2.27. The Morgan fingerprint density at radius 2 is 2.12 bits per heavy atom. The van der Waals surface area contributed by atoms with Crippen molar-refractivity contribution in [3.63, 3.8) is 0 Å². The molecule has 8 nitrogen and oxygen atoms in total. The fourth-order valence-electron chi connectivity index (χ4n) is 2.34. The van der Waals surface area contributed by atoms with Crippen molar-refractivity contribution in [1.29, 1.82) is 0 Å². The molecule has 3 amide bonds. The molecule has 0 aromatic heterocycles. The van der Waals surface area contributed by atoms with Gasteiger partial charge in [-0.3, -0.25) is 14.4 Å². The maximum absolute atomic E-state index is 12.8. The van der Waals surface area contributed by atoms with Crippen molar-refractivity contribution in [2.75, 3.05) is 24.2 Å². The number of rotatable bonds is 6. The number of hydrogen-bond donors (Lipinski definition) is 3. The van der Waals surface area contributed by atoms with Gasteiger partial charge in [-0.05, 0) is 25.1 Å². The zero-order chi connectivity index (χ0) is 18.6. The quantitative estimate of drug-likeness (QED) is 0.686. The zero-order valence-corrected chi connectivity index (χ0v) is 14.7. The van der Waals surface area contributed by atoms with Gasteiger partial charge in [0.05, 0.1) is 11.4 Å². The summed E-state index contributed by atoms with van der Waals surface area (Å²) < 4.78 is 0. The molecule has 0 bridgehead atoms. The van der Waals surface area contributed by atoms with Crippen molar-refractivity contribution in [3.8, 4) is 0 Å². The molecule has 1 heterocycles. The fourth-order valence-corrected chi connectivity index (χ4v) is 3.13. The third-order valence-corrected chi connectivity index (χ3v) is 4.75. The second-order valence-electron chi connectivity index (χ2n) is 5.54. The second kappa shape index (κ2) is 8.02. The second-order valence-corrected chi connectivity index (χ2v) is 6.56. The largest absolute Gasteiger partial charge is 0.480 e. The number of carbonyl (C=O) groups is 4. The smallest absolute Gasteiger partial charge is 0.326 e. The molecule has 2 rings (SSSR count). The lowest BCUT2D eigenvalue weighted by atomic mass is 10.1. The number of carbonyl (C=O) groups excluding carboxylic acids is 3. The first kappa shape index (κ1) is 18.8. The van der Waals surface area contributed by atoms with Crippen LogP contribution in [0.5, 0.6) is 0 Å². The van der Waals surface area contributed by atoms with Crippen LogP contribution < -0.4 is 10.6 Å². The minimum Gasteiger partial charge on any atom is -0.480 e. The molecule has 0 fully saturated rings. The van der Waals surface area contributed by atoms with Crippen molar-refractivity contribution in [2.24, 2.45) is 0 Å². The number of nitrogens with zero attached hydrogens (tertiary/aromatic N) is 1. The average molecular weight is 365 g/mol. The maximum Gasteiger partial charge on any atom is 0.326 e. The van der Waals surface area contributed by atoms with Crippen LogP contribution in [0.15, 0.2) is 23.1 Å². The van der Waals surface area contributed by atoms with Gasteiger partial charge in [-0.1, -0.05) is 0 Å². The number of carboxylic acids is 1. The summed E-state index contributed by atoms with van der Waals surface area (Å²) in [6, 6.07) is 3.82. The van der Waals surface area contributed by atoms with Gasteiger partial charge in [-0.15, -0.1) is 11.8 Å². The molecule has 1 unspecified atom stereocenters. The Balaban J connectivity index is 2.22. The molecule has 25 heavy (non-hydrogen) atoms. The molecule has 1 aromatic carbocycles. The summed E-state index contributed by atoms with van der Waals surface area (Å²) in [4.78, 5) is 48.6. The lowest BCUT2D eigenvalue weighted by molar-refractivity contribution is -0.141. The van der Waals surface area contributed by atoms with Gasteiger partial charge in [0.2, 0.25) is 11.8 Å². The lowest BCUT2D eigenvalue weighted by Crippen LogP contribution is -2.46. The van der Waals surface area contributed by atoms with E-state index in [0.29, 0.717) is 11.4 Å². The van der Waals surface area contributed by atoms with Crippen molar-refractivity contribution in [2.45, 2.75) is 24.8 Å². The molecular formula is C16H19N3O5S. The highest BCUT2D eigenvalue weighted by Crippen LogP contribution is 2.32. The Morgan fingerprint density at radius 3 is 2.76 bits per heavy atom. The third kappa shape index (κ3) is 4.72. The predicted octanol–water partition coefficient (Wildman–Crippen LogP) is 0.782. The van der Waals surface area contributed by atoms with Crippen molar-refractivity contribution < 1.29 is 24.3 Å². The number of amides is 3. The molecule has 1 aromatic rings. The van der Waals surface area contributed by atoms with E-state index in [4.69, 9.17) is 0 Å². The SMILES string of the molecule is CC(=O)NCCN(C(=O)c1ccc2c(c1)NC(=O)CS2)C(C)C(=O)O. The average Bonchev–Trinajstić information content (AvgIpc) is 2.56. The number of thioether (sulfide) groups is 1. The molecule has 0 aliphatic carbocycles. The number of nitrogens with one attached hydrogen (secondary N) is 2. The van der Waals surface area contributed by atoms with Crippen molar-refractivity contribution >= 4 is 41.1 Å². The molecule has 0 saturated carbocycles. The highest BCUT2D eigenvalue weighted by molar-refractivity contribution is 8.00. The first-order valence-electron chi connectivity index (χ1n) is 7.64. The van der Waals surface area contributed by atoms with Gasteiger partial charge in [-0.2, -0.15) is 0 Å². The van der Waals surface area contributed by atoms with E-state index in [2.05, 4.69) is 10.6 Å².